The summed E-state index contributed by atoms with van der Waals surface area (Å²) in [6.45, 7) is 3.41. The Morgan fingerprint density at radius 3 is 2.31 bits per heavy atom. The third kappa shape index (κ3) is 7.58. The Balaban J connectivity index is 1.56. The molecule has 0 heterocycles. The van der Waals surface area contributed by atoms with Crippen molar-refractivity contribution in [3.05, 3.63) is 53.6 Å². The second kappa shape index (κ2) is 11.7. The van der Waals surface area contributed by atoms with E-state index in [-0.39, 0.29) is 5.91 Å². The molecule has 0 saturated carbocycles. The minimum atomic E-state index is -0.0332. The van der Waals surface area contributed by atoms with Gasteiger partial charge in [-0.15, -0.1) is 0 Å². The van der Waals surface area contributed by atoms with Crippen molar-refractivity contribution in [2.24, 2.45) is 0 Å². The number of hydrogen-bond acceptors (Lipinski definition) is 4. The lowest BCUT2D eigenvalue weighted by molar-refractivity contribution is -0.115. The topological polar surface area (TPSA) is 47.6 Å². The highest BCUT2D eigenvalue weighted by Gasteiger charge is 2.05. The Bertz CT molecular complexity index is 679. The van der Waals surface area contributed by atoms with Crippen LogP contribution in [0.4, 0.5) is 5.69 Å². The lowest BCUT2D eigenvalue weighted by Gasteiger charge is -2.09. The smallest absolute Gasteiger partial charge is 0.225 e. The van der Waals surface area contributed by atoms with E-state index in [1.807, 2.05) is 36.4 Å². The van der Waals surface area contributed by atoms with Gasteiger partial charge < -0.3 is 14.8 Å². The molecule has 4 nitrogen and oxygen atoms in total. The van der Waals surface area contributed by atoms with Gasteiger partial charge in [0.05, 0.1) is 23.9 Å². The van der Waals surface area contributed by atoms with Gasteiger partial charge in [-0.1, -0.05) is 30.7 Å². The van der Waals surface area contributed by atoms with E-state index in [0.29, 0.717) is 23.7 Å². The van der Waals surface area contributed by atoms with Gasteiger partial charge in [-0.2, -0.15) is 11.8 Å². The highest BCUT2D eigenvalue weighted by molar-refractivity contribution is 7.99. The maximum atomic E-state index is 11.9. The molecule has 0 fully saturated rings. The summed E-state index contributed by atoms with van der Waals surface area (Å²) in [6.07, 6.45) is 1.44. The number of thioether (sulfide) groups is 1. The third-order valence-corrected chi connectivity index (χ3v) is 4.69. The number of para-hydroxylation sites is 1. The zero-order valence-corrected chi connectivity index (χ0v) is 16.4. The van der Waals surface area contributed by atoms with Crippen molar-refractivity contribution in [3.8, 4) is 11.5 Å². The molecule has 0 unspecified atom stereocenters. The van der Waals surface area contributed by atoms with Gasteiger partial charge in [0.15, 0.2) is 0 Å². The van der Waals surface area contributed by atoms with Crippen LogP contribution in [0.15, 0.2) is 48.5 Å². The first-order chi connectivity index (χ1) is 12.7. The highest BCUT2D eigenvalue weighted by Crippen LogP contribution is 2.21. The third-order valence-electron chi connectivity index (χ3n) is 3.41. The summed E-state index contributed by atoms with van der Waals surface area (Å²) in [6, 6.07) is 14.9. The first-order valence-electron chi connectivity index (χ1n) is 8.67. The predicted octanol–water partition coefficient (Wildman–Crippen LogP) is 5.27. The number of halogens is 1. The van der Waals surface area contributed by atoms with Crippen molar-refractivity contribution < 1.29 is 14.3 Å². The standard InChI is InChI=1S/C20H24ClNO3S/c1-2-12-24-16-7-9-17(10-8-16)25-13-15-26-14-11-20(23)22-19-6-4-3-5-18(19)21/h3-10H,2,11-15H2,1H3,(H,22,23). The number of benzene rings is 2. The monoisotopic (exact) mass is 393 g/mol. The van der Waals surface area contributed by atoms with E-state index < -0.39 is 0 Å². The fourth-order valence-corrected chi connectivity index (χ4v) is 3.03. The van der Waals surface area contributed by atoms with Gasteiger partial charge in [0.25, 0.3) is 0 Å². The molecular formula is C20H24ClNO3S. The molecule has 0 aliphatic carbocycles. The molecule has 0 saturated heterocycles. The highest BCUT2D eigenvalue weighted by atomic mass is 35.5. The number of carbonyl (C=O) groups excluding carboxylic acids is 1. The van der Waals surface area contributed by atoms with Crippen LogP contribution in [0.1, 0.15) is 19.8 Å². The number of carbonyl (C=O) groups is 1. The summed E-state index contributed by atoms with van der Waals surface area (Å²) in [4.78, 5) is 11.9. The summed E-state index contributed by atoms with van der Waals surface area (Å²) in [5.41, 5.74) is 0.652. The van der Waals surface area contributed by atoms with E-state index in [2.05, 4.69) is 12.2 Å². The van der Waals surface area contributed by atoms with Crippen LogP contribution in [0, 0.1) is 0 Å². The average Bonchev–Trinajstić information content (AvgIpc) is 2.65. The van der Waals surface area contributed by atoms with Crippen LogP contribution in [-0.2, 0) is 4.79 Å². The van der Waals surface area contributed by atoms with Crippen molar-refractivity contribution in [2.45, 2.75) is 19.8 Å². The molecule has 26 heavy (non-hydrogen) atoms. The molecule has 0 atom stereocenters. The quantitative estimate of drug-likeness (QED) is 0.528. The lowest BCUT2D eigenvalue weighted by atomic mass is 10.3. The Kier molecular flexibility index (Phi) is 9.21. The van der Waals surface area contributed by atoms with Crippen LogP contribution >= 0.6 is 23.4 Å². The van der Waals surface area contributed by atoms with E-state index >= 15 is 0 Å². The van der Waals surface area contributed by atoms with Crippen molar-refractivity contribution >= 4 is 35.0 Å². The molecule has 0 aliphatic rings. The Morgan fingerprint density at radius 2 is 1.65 bits per heavy atom. The van der Waals surface area contributed by atoms with Crippen LogP contribution in [0.3, 0.4) is 0 Å². The second-order valence-corrected chi connectivity index (χ2v) is 7.19. The van der Waals surface area contributed by atoms with Crippen molar-refractivity contribution in [2.75, 3.05) is 30.0 Å². The van der Waals surface area contributed by atoms with E-state index in [1.165, 1.54) is 0 Å². The zero-order valence-electron chi connectivity index (χ0n) is 14.9. The summed E-state index contributed by atoms with van der Waals surface area (Å²) in [5, 5.41) is 3.37. The molecule has 6 heteroatoms. The van der Waals surface area contributed by atoms with Crippen molar-refractivity contribution in [1.82, 2.24) is 0 Å². The Hall–Kier alpha value is -1.85. The summed E-state index contributed by atoms with van der Waals surface area (Å²) in [7, 11) is 0. The molecule has 0 bridgehead atoms. The number of nitrogens with one attached hydrogen (secondary N) is 1. The fraction of sp³-hybridized carbons (Fsp3) is 0.350. The predicted molar refractivity (Wildman–Crippen MR) is 110 cm³/mol. The number of hydrogen-bond donors (Lipinski definition) is 1. The number of amides is 1. The van der Waals surface area contributed by atoms with Gasteiger partial charge in [0.2, 0.25) is 5.91 Å². The molecule has 0 spiro atoms. The Morgan fingerprint density at radius 1 is 1.00 bits per heavy atom. The maximum absolute atomic E-state index is 11.9. The maximum Gasteiger partial charge on any atom is 0.225 e. The minimum Gasteiger partial charge on any atom is -0.494 e. The normalized spacial score (nSPS) is 10.4. The average molecular weight is 394 g/mol. The molecule has 1 amide bonds. The van der Waals surface area contributed by atoms with Crippen molar-refractivity contribution in [1.29, 1.82) is 0 Å². The summed E-state index contributed by atoms with van der Waals surface area (Å²) >= 11 is 7.71. The molecule has 2 aromatic rings. The molecule has 0 aliphatic heterocycles. The molecule has 0 aromatic heterocycles. The van der Waals surface area contributed by atoms with Crippen LogP contribution < -0.4 is 14.8 Å². The van der Waals surface area contributed by atoms with Gasteiger partial charge in [-0.25, -0.2) is 0 Å². The molecule has 2 rings (SSSR count). The first-order valence-corrected chi connectivity index (χ1v) is 10.2. The summed E-state index contributed by atoms with van der Waals surface area (Å²) < 4.78 is 11.2. The van der Waals surface area contributed by atoms with Gasteiger partial charge in [-0.3, -0.25) is 4.79 Å². The number of ether oxygens (including phenoxy) is 2. The van der Waals surface area contributed by atoms with Gasteiger partial charge >= 0.3 is 0 Å². The van der Waals surface area contributed by atoms with Crippen LogP contribution in [0.5, 0.6) is 11.5 Å². The molecule has 0 radical (unpaired) electrons. The molecule has 2 aromatic carbocycles. The summed E-state index contributed by atoms with van der Waals surface area (Å²) in [5.74, 6) is 3.22. The van der Waals surface area contributed by atoms with Crippen LogP contribution in [0.25, 0.3) is 0 Å². The van der Waals surface area contributed by atoms with Crippen molar-refractivity contribution in [3.63, 3.8) is 0 Å². The Labute approximate surface area is 164 Å². The molecular weight excluding hydrogens is 370 g/mol. The largest absolute Gasteiger partial charge is 0.494 e. The zero-order chi connectivity index (χ0) is 18.6. The van der Waals surface area contributed by atoms with E-state index in [1.54, 1.807) is 23.9 Å². The van der Waals surface area contributed by atoms with E-state index in [0.717, 1.165) is 36.0 Å². The van der Waals surface area contributed by atoms with Crippen LogP contribution in [0.2, 0.25) is 5.02 Å². The van der Waals surface area contributed by atoms with E-state index in [4.69, 9.17) is 21.1 Å². The molecule has 1 N–H and O–H groups in total. The van der Waals surface area contributed by atoms with Gasteiger partial charge in [-0.05, 0) is 42.8 Å². The number of rotatable bonds is 11. The first kappa shape index (κ1) is 20.5. The van der Waals surface area contributed by atoms with E-state index in [9.17, 15) is 4.79 Å². The second-order valence-electron chi connectivity index (χ2n) is 5.56. The van der Waals surface area contributed by atoms with Gasteiger partial charge in [0.1, 0.15) is 11.5 Å². The van der Waals surface area contributed by atoms with Crippen LogP contribution in [-0.4, -0.2) is 30.6 Å². The fourth-order valence-electron chi connectivity index (χ4n) is 2.11. The van der Waals surface area contributed by atoms with Gasteiger partial charge in [0, 0.05) is 17.9 Å². The lowest BCUT2D eigenvalue weighted by Crippen LogP contribution is -2.13. The minimum absolute atomic E-state index is 0.0332. The molecule has 140 valence electrons. The number of anilines is 1. The SMILES string of the molecule is CCCOc1ccc(OCCSCCC(=O)Nc2ccccc2Cl)cc1.